The van der Waals surface area contributed by atoms with Crippen LogP contribution in [0.4, 0.5) is 13.2 Å². The van der Waals surface area contributed by atoms with Crippen molar-refractivity contribution in [1.29, 1.82) is 0 Å². The molecule has 0 spiro atoms. The number of aromatic amines is 1. The Labute approximate surface area is 117 Å². The van der Waals surface area contributed by atoms with E-state index < -0.39 is 23.1 Å². The minimum atomic E-state index is -2.81. The van der Waals surface area contributed by atoms with Crippen LogP contribution in [0.3, 0.4) is 0 Å². The molecule has 1 aromatic heterocycles. The largest absolute Gasteiger partial charge is 0.316 e. The summed E-state index contributed by atoms with van der Waals surface area (Å²) >= 11 is 5.93. The molecule has 2 atom stereocenters. The van der Waals surface area contributed by atoms with E-state index in [0.717, 1.165) is 6.07 Å². The zero-order valence-corrected chi connectivity index (χ0v) is 11.1. The van der Waals surface area contributed by atoms with Crippen LogP contribution >= 0.6 is 11.6 Å². The maximum atomic E-state index is 14.2. The number of piperidine rings is 1. The van der Waals surface area contributed by atoms with Gasteiger partial charge in [-0.25, -0.2) is 13.2 Å². The third-order valence-corrected chi connectivity index (χ3v) is 4.87. The Morgan fingerprint density at radius 2 is 2.15 bits per heavy atom. The molecule has 3 nitrogen and oxygen atoms in total. The van der Waals surface area contributed by atoms with Gasteiger partial charge in [-0.2, -0.15) is 5.10 Å². The Balaban J connectivity index is 1.95. The summed E-state index contributed by atoms with van der Waals surface area (Å²) in [6.07, 6.45) is 0.393. The average Bonchev–Trinajstić information content (AvgIpc) is 2.71. The van der Waals surface area contributed by atoms with E-state index in [4.69, 9.17) is 11.6 Å². The monoisotopic (exact) mass is 301 g/mol. The molecule has 7 heteroatoms. The van der Waals surface area contributed by atoms with Gasteiger partial charge in [0.1, 0.15) is 5.82 Å². The molecule has 4 rings (SSSR count). The van der Waals surface area contributed by atoms with E-state index in [1.807, 2.05) is 0 Å². The van der Waals surface area contributed by atoms with Crippen LogP contribution in [0.25, 0.3) is 10.9 Å². The van der Waals surface area contributed by atoms with Gasteiger partial charge in [0.25, 0.3) is 5.92 Å². The van der Waals surface area contributed by atoms with Gasteiger partial charge in [0.15, 0.2) is 0 Å². The molecule has 1 saturated carbocycles. The van der Waals surface area contributed by atoms with Crippen LogP contribution in [0.15, 0.2) is 12.1 Å². The van der Waals surface area contributed by atoms with Crippen LogP contribution in [-0.4, -0.2) is 29.2 Å². The van der Waals surface area contributed by atoms with E-state index in [-0.39, 0.29) is 17.3 Å². The number of aromatic nitrogens is 2. The Kier molecular flexibility index (Phi) is 2.29. The number of alkyl halides is 2. The molecule has 0 radical (unpaired) electrons. The van der Waals surface area contributed by atoms with Gasteiger partial charge < -0.3 is 5.32 Å². The second kappa shape index (κ2) is 3.68. The Bertz CT molecular complexity index is 714. The van der Waals surface area contributed by atoms with Gasteiger partial charge in [-0.05, 0) is 25.1 Å². The van der Waals surface area contributed by atoms with Crippen molar-refractivity contribution in [2.24, 2.45) is 5.92 Å². The predicted octanol–water partition coefficient (Wildman–Crippen LogP) is 2.85. The van der Waals surface area contributed by atoms with Crippen LogP contribution in [0.2, 0.25) is 5.02 Å². The number of hydrogen-bond donors (Lipinski definition) is 2. The number of halogens is 4. The van der Waals surface area contributed by atoms with Crippen LogP contribution in [0.1, 0.15) is 12.1 Å². The lowest BCUT2D eigenvalue weighted by molar-refractivity contribution is 0.0782. The van der Waals surface area contributed by atoms with Crippen molar-refractivity contribution in [3.05, 3.63) is 28.7 Å². The quantitative estimate of drug-likeness (QED) is 0.850. The summed E-state index contributed by atoms with van der Waals surface area (Å²) in [5, 5.41) is 10.2. The highest BCUT2D eigenvalue weighted by atomic mass is 35.5. The molecule has 2 N–H and O–H groups in total. The van der Waals surface area contributed by atoms with Crippen molar-refractivity contribution in [1.82, 2.24) is 15.5 Å². The van der Waals surface area contributed by atoms with E-state index >= 15 is 0 Å². The molecule has 2 heterocycles. The lowest BCUT2D eigenvalue weighted by atomic mass is 9.92. The fraction of sp³-hybridized carbons (Fsp3) is 0.462. The molecule has 1 unspecified atom stereocenters. The number of benzene rings is 1. The van der Waals surface area contributed by atoms with Crippen molar-refractivity contribution in [3.8, 4) is 0 Å². The molecule has 2 aromatic rings. The summed E-state index contributed by atoms with van der Waals surface area (Å²) in [5.41, 5.74) is -0.707. The van der Waals surface area contributed by atoms with Gasteiger partial charge in [0.05, 0.1) is 21.6 Å². The molecular formula is C13H11ClF3N3. The number of nitrogens with one attached hydrogen (secondary N) is 2. The average molecular weight is 302 g/mol. The third-order valence-electron chi connectivity index (χ3n) is 4.57. The number of rotatable bonds is 1. The van der Waals surface area contributed by atoms with Crippen LogP contribution in [-0.2, 0) is 5.41 Å². The summed E-state index contributed by atoms with van der Waals surface area (Å²) in [7, 11) is 0. The van der Waals surface area contributed by atoms with E-state index in [9.17, 15) is 13.2 Å². The van der Waals surface area contributed by atoms with E-state index in [1.54, 1.807) is 0 Å². The lowest BCUT2D eigenvalue weighted by Gasteiger charge is -2.19. The van der Waals surface area contributed by atoms with Crippen molar-refractivity contribution >= 4 is 22.5 Å². The molecular weight excluding hydrogens is 291 g/mol. The fourth-order valence-corrected chi connectivity index (χ4v) is 3.77. The minimum absolute atomic E-state index is 0.152. The number of hydrogen-bond acceptors (Lipinski definition) is 2. The Hall–Kier alpha value is -1.27. The smallest absolute Gasteiger partial charge is 0.264 e. The summed E-state index contributed by atoms with van der Waals surface area (Å²) in [6, 6.07) is 2.36. The first-order valence-corrected chi connectivity index (χ1v) is 6.78. The van der Waals surface area contributed by atoms with Crippen molar-refractivity contribution in [3.63, 3.8) is 0 Å². The van der Waals surface area contributed by atoms with E-state index in [2.05, 4.69) is 15.5 Å². The SMILES string of the molecule is Fc1cc(Cl)c2[nH]nc(C34CNCC[C@@H]3C4(F)F)c2c1. The Morgan fingerprint density at radius 1 is 1.35 bits per heavy atom. The minimum Gasteiger partial charge on any atom is -0.316 e. The summed E-state index contributed by atoms with van der Waals surface area (Å²) in [5.74, 6) is -4.09. The third kappa shape index (κ3) is 1.29. The standard InChI is InChI=1S/C13H11ClF3N3/c14-8-4-6(15)3-7-10(8)19-20-11(7)12-5-18-2-1-9(12)13(12,16)17/h3-4,9,18H,1-2,5H2,(H,19,20)/t9-,12?/m0/s1. The van der Waals surface area contributed by atoms with Gasteiger partial charge in [-0.3, -0.25) is 5.10 Å². The molecule has 2 fully saturated rings. The Morgan fingerprint density at radius 3 is 2.90 bits per heavy atom. The van der Waals surface area contributed by atoms with Crippen LogP contribution < -0.4 is 5.32 Å². The number of fused-ring (bicyclic) bond motifs is 2. The molecule has 0 bridgehead atoms. The van der Waals surface area contributed by atoms with Crippen molar-refractivity contribution < 1.29 is 13.2 Å². The highest BCUT2D eigenvalue weighted by Gasteiger charge is 2.82. The zero-order chi connectivity index (χ0) is 14.1. The van der Waals surface area contributed by atoms with Crippen molar-refractivity contribution in [2.75, 3.05) is 13.1 Å². The molecule has 20 heavy (non-hydrogen) atoms. The van der Waals surface area contributed by atoms with Crippen LogP contribution in [0, 0.1) is 11.7 Å². The molecule has 1 aliphatic carbocycles. The van der Waals surface area contributed by atoms with Crippen LogP contribution in [0.5, 0.6) is 0 Å². The lowest BCUT2D eigenvalue weighted by Crippen LogP contribution is -2.36. The molecule has 2 aliphatic rings. The first kappa shape index (κ1) is 12.5. The second-order valence-corrected chi connectivity index (χ2v) is 5.90. The molecule has 1 aliphatic heterocycles. The molecule has 1 saturated heterocycles. The van der Waals surface area contributed by atoms with Gasteiger partial charge in [-0.15, -0.1) is 0 Å². The van der Waals surface area contributed by atoms with Gasteiger partial charge in [-0.1, -0.05) is 11.6 Å². The van der Waals surface area contributed by atoms with Gasteiger partial charge >= 0.3 is 0 Å². The van der Waals surface area contributed by atoms with Gasteiger partial charge in [0.2, 0.25) is 0 Å². The summed E-state index contributed by atoms with van der Waals surface area (Å²) in [6.45, 7) is 0.720. The first-order chi connectivity index (χ1) is 9.48. The van der Waals surface area contributed by atoms with E-state index in [0.29, 0.717) is 23.9 Å². The first-order valence-electron chi connectivity index (χ1n) is 6.40. The maximum Gasteiger partial charge on any atom is 0.264 e. The van der Waals surface area contributed by atoms with Crippen molar-refractivity contribution in [2.45, 2.75) is 17.8 Å². The predicted molar refractivity (Wildman–Crippen MR) is 68.7 cm³/mol. The zero-order valence-electron chi connectivity index (χ0n) is 10.3. The highest BCUT2D eigenvalue weighted by molar-refractivity contribution is 6.35. The number of H-pyrrole nitrogens is 1. The molecule has 1 aromatic carbocycles. The normalized spacial score (nSPS) is 31.3. The molecule has 0 amide bonds. The van der Waals surface area contributed by atoms with E-state index in [1.165, 1.54) is 6.07 Å². The molecule has 106 valence electrons. The second-order valence-electron chi connectivity index (χ2n) is 5.49. The maximum absolute atomic E-state index is 14.2. The summed E-state index contributed by atoms with van der Waals surface area (Å²) in [4.78, 5) is 0. The summed E-state index contributed by atoms with van der Waals surface area (Å²) < 4.78 is 42.0. The topological polar surface area (TPSA) is 40.7 Å². The fourth-order valence-electron chi connectivity index (χ4n) is 3.53. The van der Waals surface area contributed by atoms with Gasteiger partial charge in [0, 0.05) is 17.8 Å². The highest BCUT2D eigenvalue weighted by Crippen LogP contribution is 2.69. The number of nitrogens with zero attached hydrogens (tertiary/aromatic N) is 1.